The van der Waals surface area contributed by atoms with Gasteiger partial charge in [0.1, 0.15) is 24.4 Å². The van der Waals surface area contributed by atoms with Crippen molar-refractivity contribution >= 4 is 5.91 Å². The molecular weight excluding hydrogens is 658 g/mol. The molecule has 9 heteroatoms. The lowest BCUT2D eigenvalue weighted by Gasteiger charge is -2.40. The molecule has 304 valence electrons. The van der Waals surface area contributed by atoms with E-state index in [9.17, 15) is 30.3 Å². The summed E-state index contributed by atoms with van der Waals surface area (Å²) in [5, 5.41) is 54.0. The Morgan fingerprint density at radius 1 is 0.654 bits per heavy atom. The quantitative estimate of drug-likeness (QED) is 0.0287. The fourth-order valence-electron chi connectivity index (χ4n) is 6.52. The van der Waals surface area contributed by atoms with Gasteiger partial charge in [0.15, 0.2) is 6.29 Å². The van der Waals surface area contributed by atoms with Crippen LogP contribution in [-0.2, 0) is 14.3 Å². The minimum absolute atomic E-state index is 0.145. The van der Waals surface area contributed by atoms with Crippen molar-refractivity contribution in [2.75, 3.05) is 13.2 Å². The third-order valence-electron chi connectivity index (χ3n) is 10.00. The summed E-state index contributed by atoms with van der Waals surface area (Å²) in [5.74, 6) is -0.162. The highest BCUT2D eigenvalue weighted by Gasteiger charge is 2.44. The normalized spacial score (nSPS) is 22.2. The van der Waals surface area contributed by atoms with Crippen LogP contribution in [0.25, 0.3) is 0 Å². The van der Waals surface area contributed by atoms with Gasteiger partial charge in [-0.25, -0.2) is 0 Å². The first-order chi connectivity index (χ1) is 25.3. The lowest BCUT2D eigenvalue weighted by atomic mass is 9.99. The van der Waals surface area contributed by atoms with Crippen LogP contribution in [0.2, 0.25) is 0 Å². The minimum atomic E-state index is -1.55. The third-order valence-corrected chi connectivity index (χ3v) is 10.00. The van der Waals surface area contributed by atoms with Gasteiger partial charge in [-0.3, -0.25) is 4.79 Å². The van der Waals surface area contributed by atoms with Crippen molar-refractivity contribution in [2.45, 2.75) is 217 Å². The molecule has 7 unspecified atom stereocenters. The number of aliphatic hydroxyl groups is 5. The molecule has 52 heavy (non-hydrogen) atoms. The maximum atomic E-state index is 12.9. The molecule has 0 aromatic carbocycles. The molecule has 1 rings (SSSR count). The molecule has 0 radical (unpaired) electrons. The van der Waals surface area contributed by atoms with E-state index in [0.29, 0.717) is 12.8 Å². The largest absolute Gasteiger partial charge is 0.394 e. The molecule has 1 amide bonds. The summed E-state index contributed by atoms with van der Waals surface area (Å²) in [6.45, 7) is 3.76. The number of aliphatic hydroxyl groups excluding tert-OH is 5. The number of carbonyl (C=O) groups excluding carboxylic acids is 1. The molecular formula is C43H79NO8. The number of hydrogen-bond donors (Lipinski definition) is 6. The smallest absolute Gasteiger partial charge is 0.220 e. The molecule has 7 atom stereocenters. The maximum Gasteiger partial charge on any atom is 0.220 e. The highest BCUT2D eigenvalue weighted by Crippen LogP contribution is 2.23. The van der Waals surface area contributed by atoms with E-state index in [-0.39, 0.29) is 12.5 Å². The molecule has 0 saturated carbocycles. The van der Waals surface area contributed by atoms with Crippen molar-refractivity contribution in [3.8, 4) is 0 Å². The van der Waals surface area contributed by atoms with Crippen LogP contribution >= 0.6 is 0 Å². The van der Waals surface area contributed by atoms with Crippen molar-refractivity contribution in [3.63, 3.8) is 0 Å². The Kier molecular flexibility index (Phi) is 31.6. The van der Waals surface area contributed by atoms with E-state index in [4.69, 9.17) is 9.47 Å². The lowest BCUT2D eigenvalue weighted by Crippen LogP contribution is -2.60. The first-order valence-corrected chi connectivity index (χ1v) is 21.2. The standard InChI is InChI=1S/C43H79NO8/c1-3-5-7-9-11-13-14-15-16-17-18-19-20-21-22-23-24-25-27-29-31-33-39(47)44-36(37(46)32-30-28-26-12-10-8-6-4-2)35-51-43-42(50)41(49)40(48)38(34-45)52-43/h14-15,17-18,20-21,36-38,40-43,45-46,48-50H,3-13,16,19,22-35H2,1-2H3,(H,44,47)/b15-14-,18-17-,21-20-. The van der Waals surface area contributed by atoms with Gasteiger partial charge in [0.2, 0.25) is 5.91 Å². The number of allylic oxidation sites excluding steroid dienone is 6. The Labute approximate surface area is 317 Å². The molecule has 0 bridgehead atoms. The van der Waals surface area contributed by atoms with Gasteiger partial charge in [-0.15, -0.1) is 0 Å². The molecule has 1 fully saturated rings. The average Bonchev–Trinajstić information content (AvgIpc) is 3.14. The van der Waals surface area contributed by atoms with Gasteiger partial charge >= 0.3 is 0 Å². The molecule has 0 aromatic heterocycles. The first kappa shape index (κ1) is 48.4. The number of nitrogens with one attached hydrogen (secondary N) is 1. The zero-order valence-corrected chi connectivity index (χ0v) is 33.1. The van der Waals surface area contributed by atoms with Crippen LogP contribution < -0.4 is 5.32 Å². The molecule has 1 heterocycles. The number of ether oxygens (including phenoxy) is 2. The Bertz CT molecular complexity index is 910. The van der Waals surface area contributed by atoms with Crippen LogP contribution in [0.4, 0.5) is 0 Å². The van der Waals surface area contributed by atoms with Crippen molar-refractivity contribution < 1.29 is 39.8 Å². The lowest BCUT2D eigenvalue weighted by molar-refractivity contribution is -0.302. The van der Waals surface area contributed by atoms with Gasteiger partial charge in [0, 0.05) is 6.42 Å². The summed E-state index contributed by atoms with van der Waals surface area (Å²) in [4.78, 5) is 12.9. The summed E-state index contributed by atoms with van der Waals surface area (Å²) in [5.41, 5.74) is 0. The molecule has 6 N–H and O–H groups in total. The van der Waals surface area contributed by atoms with Crippen LogP contribution in [0.1, 0.15) is 174 Å². The van der Waals surface area contributed by atoms with Gasteiger partial charge in [0.05, 0.1) is 25.4 Å². The van der Waals surface area contributed by atoms with Crippen molar-refractivity contribution in [3.05, 3.63) is 36.5 Å². The molecule has 1 aliphatic rings. The zero-order chi connectivity index (χ0) is 38.1. The van der Waals surface area contributed by atoms with Crippen LogP contribution in [0, 0.1) is 0 Å². The van der Waals surface area contributed by atoms with E-state index >= 15 is 0 Å². The van der Waals surface area contributed by atoms with Gasteiger partial charge < -0.3 is 40.3 Å². The Hall–Kier alpha value is -1.59. The highest BCUT2D eigenvalue weighted by atomic mass is 16.7. The SMILES string of the molecule is CCCCCCC/C=C\C/C=C\C/C=C\CCCCCCCCC(=O)NC(COC1OC(CO)C(O)C(O)C1O)C(O)CCCCCCCCCC. The maximum absolute atomic E-state index is 12.9. The number of carbonyl (C=O) groups is 1. The van der Waals surface area contributed by atoms with Crippen LogP contribution in [-0.4, -0.2) is 87.5 Å². The predicted octanol–water partition coefficient (Wildman–Crippen LogP) is 8.11. The number of amides is 1. The third kappa shape index (κ3) is 24.7. The number of hydrogen-bond acceptors (Lipinski definition) is 8. The van der Waals surface area contributed by atoms with Crippen LogP contribution in [0.15, 0.2) is 36.5 Å². The van der Waals surface area contributed by atoms with E-state index in [1.54, 1.807) is 0 Å². The second-order valence-corrected chi connectivity index (χ2v) is 14.8. The van der Waals surface area contributed by atoms with Crippen molar-refractivity contribution in [1.29, 1.82) is 0 Å². The Balaban J connectivity index is 2.30. The Morgan fingerprint density at radius 2 is 1.13 bits per heavy atom. The molecule has 0 aromatic rings. The van der Waals surface area contributed by atoms with Gasteiger partial charge in [-0.2, -0.15) is 0 Å². The topological polar surface area (TPSA) is 149 Å². The summed E-state index contributed by atoms with van der Waals surface area (Å²) in [6, 6.07) is -0.722. The van der Waals surface area contributed by atoms with Gasteiger partial charge in [0.25, 0.3) is 0 Å². The molecule has 0 spiro atoms. The fourth-order valence-corrected chi connectivity index (χ4v) is 6.52. The first-order valence-electron chi connectivity index (χ1n) is 21.2. The number of unbranched alkanes of at least 4 members (excludes halogenated alkanes) is 18. The highest BCUT2D eigenvalue weighted by molar-refractivity contribution is 5.76. The zero-order valence-electron chi connectivity index (χ0n) is 33.1. The molecule has 0 aliphatic carbocycles. The monoisotopic (exact) mass is 738 g/mol. The van der Waals surface area contributed by atoms with Gasteiger partial charge in [-0.1, -0.05) is 153 Å². The summed E-state index contributed by atoms with van der Waals surface area (Å²) < 4.78 is 11.2. The summed E-state index contributed by atoms with van der Waals surface area (Å²) in [6.07, 6.45) is 33.1. The fraction of sp³-hybridized carbons (Fsp3) is 0.837. The van der Waals surface area contributed by atoms with E-state index in [1.165, 1.54) is 83.5 Å². The van der Waals surface area contributed by atoms with Crippen LogP contribution in [0.3, 0.4) is 0 Å². The van der Waals surface area contributed by atoms with E-state index in [0.717, 1.165) is 64.2 Å². The van der Waals surface area contributed by atoms with Crippen LogP contribution in [0.5, 0.6) is 0 Å². The molecule has 1 aliphatic heterocycles. The Morgan fingerprint density at radius 3 is 1.67 bits per heavy atom. The van der Waals surface area contributed by atoms with Crippen molar-refractivity contribution in [1.82, 2.24) is 5.32 Å². The predicted molar refractivity (Wildman–Crippen MR) is 212 cm³/mol. The van der Waals surface area contributed by atoms with E-state index < -0.39 is 49.5 Å². The van der Waals surface area contributed by atoms with E-state index in [2.05, 4.69) is 55.6 Å². The second kappa shape index (κ2) is 33.9. The second-order valence-electron chi connectivity index (χ2n) is 14.8. The molecule has 1 saturated heterocycles. The average molecular weight is 738 g/mol. The molecule has 9 nitrogen and oxygen atoms in total. The van der Waals surface area contributed by atoms with Crippen molar-refractivity contribution in [2.24, 2.45) is 0 Å². The minimum Gasteiger partial charge on any atom is -0.394 e. The van der Waals surface area contributed by atoms with E-state index in [1.807, 2.05) is 0 Å². The summed E-state index contributed by atoms with van der Waals surface area (Å²) >= 11 is 0. The summed E-state index contributed by atoms with van der Waals surface area (Å²) in [7, 11) is 0. The number of rotatable bonds is 34. The van der Waals surface area contributed by atoms with Gasteiger partial charge in [-0.05, 0) is 51.4 Å².